The molecule has 0 amide bonds. The van der Waals surface area contributed by atoms with Gasteiger partial charge in [-0.3, -0.25) is 14.4 Å². The van der Waals surface area contributed by atoms with Crippen molar-refractivity contribution in [2.45, 2.75) is 27.7 Å². The van der Waals surface area contributed by atoms with Crippen molar-refractivity contribution in [3.63, 3.8) is 0 Å². The van der Waals surface area contributed by atoms with Crippen LogP contribution in [-0.4, -0.2) is 152 Å². The standard InChI is InChI=1S/C4H12N2O.3C2H4O2.3Na.3H/c1-2-6(7)4-3-5;3*1-2(3)4;;;;;;/h7H,2-5H2,1H3;3*1H3,(H,3,4);;;;;;. The molecule has 0 aliphatic heterocycles. The second kappa shape index (κ2) is 38.1. The van der Waals surface area contributed by atoms with Gasteiger partial charge in [0.05, 0.1) is 0 Å². The van der Waals surface area contributed by atoms with Crippen molar-refractivity contribution in [1.82, 2.24) is 5.06 Å². The minimum atomic E-state index is -0.833. The van der Waals surface area contributed by atoms with Crippen molar-refractivity contribution in [2.24, 2.45) is 5.73 Å². The molecule has 0 saturated carbocycles. The quantitative estimate of drug-likeness (QED) is 0.284. The summed E-state index contributed by atoms with van der Waals surface area (Å²) < 4.78 is 0. The van der Waals surface area contributed by atoms with Gasteiger partial charge in [-0.1, -0.05) is 6.92 Å². The number of hydroxylamine groups is 2. The van der Waals surface area contributed by atoms with Crippen molar-refractivity contribution in [3.05, 3.63) is 0 Å². The third-order valence-corrected chi connectivity index (χ3v) is 0.752. The van der Waals surface area contributed by atoms with Crippen molar-refractivity contribution in [3.8, 4) is 0 Å². The third-order valence-electron chi connectivity index (χ3n) is 0.752. The molecule has 0 saturated heterocycles. The molecule has 6 N–H and O–H groups in total. The molecule has 12 heteroatoms. The molecule has 0 spiro atoms. The molecule has 0 aromatic heterocycles. The summed E-state index contributed by atoms with van der Waals surface area (Å²) in [6, 6.07) is 0. The van der Waals surface area contributed by atoms with E-state index in [1.807, 2.05) is 6.92 Å². The second-order valence-corrected chi connectivity index (χ2v) is 2.89. The maximum atomic E-state index is 9.00. The first-order valence-corrected chi connectivity index (χ1v) is 5.23. The van der Waals surface area contributed by atoms with Gasteiger partial charge in [0.15, 0.2) is 0 Å². The van der Waals surface area contributed by atoms with Crippen molar-refractivity contribution < 1.29 is 34.9 Å². The predicted molar refractivity (Wildman–Crippen MR) is 89.5 cm³/mol. The third kappa shape index (κ3) is 222. The molecule has 0 fully saturated rings. The average molecular weight is 356 g/mol. The average Bonchev–Trinajstić information content (AvgIpc) is 2.15. The van der Waals surface area contributed by atoms with Gasteiger partial charge < -0.3 is 26.3 Å². The Balaban J connectivity index is -0.0000000270. The van der Waals surface area contributed by atoms with Gasteiger partial charge in [0, 0.05) is 40.4 Å². The number of hydrogen-bond acceptors (Lipinski definition) is 6. The number of aliphatic carboxylic acids is 3. The van der Waals surface area contributed by atoms with Gasteiger partial charge in [0.25, 0.3) is 17.9 Å². The number of nitrogens with zero attached hydrogens (tertiary/aromatic N) is 1. The van der Waals surface area contributed by atoms with E-state index in [1.165, 1.54) is 5.06 Å². The number of carboxylic acids is 3. The fraction of sp³-hybridized carbons (Fsp3) is 0.700. The van der Waals surface area contributed by atoms with Gasteiger partial charge >= 0.3 is 88.7 Å². The van der Waals surface area contributed by atoms with Gasteiger partial charge in [-0.15, -0.1) is 0 Å². The summed E-state index contributed by atoms with van der Waals surface area (Å²) in [7, 11) is 0. The number of hydrogen-bond donors (Lipinski definition) is 5. The van der Waals surface area contributed by atoms with Gasteiger partial charge in [-0.25, -0.2) is 0 Å². The zero-order valence-electron chi connectivity index (χ0n) is 11.7. The molecule has 122 valence electrons. The van der Waals surface area contributed by atoms with E-state index in [0.717, 1.165) is 20.8 Å². The fourth-order valence-electron chi connectivity index (χ4n) is 0.307. The molecule has 0 unspecified atom stereocenters. The molecule has 0 heterocycles. The van der Waals surface area contributed by atoms with E-state index in [2.05, 4.69) is 0 Å². The van der Waals surface area contributed by atoms with Crippen molar-refractivity contribution in [1.29, 1.82) is 0 Å². The maximum absolute atomic E-state index is 9.00. The summed E-state index contributed by atoms with van der Waals surface area (Å²) >= 11 is 0. The summed E-state index contributed by atoms with van der Waals surface area (Å²) in [6.07, 6.45) is 0. The van der Waals surface area contributed by atoms with Crippen LogP contribution in [-0.2, 0) is 14.4 Å². The van der Waals surface area contributed by atoms with E-state index in [0.29, 0.717) is 19.6 Å². The van der Waals surface area contributed by atoms with Gasteiger partial charge in [-0.05, 0) is 0 Å². The summed E-state index contributed by atoms with van der Waals surface area (Å²) in [6.45, 7) is 6.85. The zero-order valence-corrected chi connectivity index (χ0v) is 11.7. The van der Waals surface area contributed by atoms with Crippen molar-refractivity contribution >= 4 is 107 Å². The second-order valence-electron chi connectivity index (χ2n) is 2.89. The van der Waals surface area contributed by atoms with E-state index in [9.17, 15) is 0 Å². The Hall–Kier alpha value is 1.29. The van der Waals surface area contributed by atoms with E-state index in [1.54, 1.807) is 0 Å². The van der Waals surface area contributed by atoms with E-state index < -0.39 is 17.9 Å². The first-order chi connectivity index (χ1) is 8.50. The molecule has 22 heavy (non-hydrogen) atoms. The molecule has 0 aliphatic rings. The molecule has 9 nitrogen and oxygen atoms in total. The number of nitrogens with two attached hydrogens (primary N) is 1. The molecule has 0 bridgehead atoms. The minimum absolute atomic E-state index is 0. The van der Waals surface area contributed by atoms with Crippen LogP contribution in [0.15, 0.2) is 0 Å². The van der Waals surface area contributed by atoms with Gasteiger partial charge in [0.2, 0.25) is 0 Å². The molecule has 0 aromatic carbocycles. The molecule has 0 atom stereocenters. The number of likely N-dealkylation sites (N-methyl/N-ethyl adjacent to an activating group) is 1. The topological polar surface area (TPSA) is 161 Å². The van der Waals surface area contributed by atoms with Crippen LogP contribution in [0.4, 0.5) is 0 Å². The number of carbonyl (C=O) groups is 3. The van der Waals surface area contributed by atoms with Crippen LogP contribution in [0.5, 0.6) is 0 Å². The monoisotopic (exact) mass is 356 g/mol. The van der Waals surface area contributed by atoms with Gasteiger partial charge in [0.1, 0.15) is 0 Å². The first-order valence-electron chi connectivity index (χ1n) is 5.23. The number of rotatable bonds is 3. The molecule has 0 rings (SSSR count). The van der Waals surface area contributed by atoms with Gasteiger partial charge in [-0.2, -0.15) is 5.06 Å². The fourth-order valence-corrected chi connectivity index (χ4v) is 0.307. The Morgan fingerprint density at radius 3 is 1.09 bits per heavy atom. The zero-order chi connectivity index (χ0) is 16.4. The summed E-state index contributed by atoms with van der Waals surface area (Å²) in [5.41, 5.74) is 5.10. The SMILES string of the molecule is CC(=O)O.CC(=O)O.CC(=O)O.CCN(O)CCN.[NaH].[NaH].[NaH]. The number of carboxylic acid groups (broad SMARTS) is 3. The molecular weight excluding hydrogens is 329 g/mol. The molecule has 0 aromatic rings. The molecular formula is C10H27N2Na3O7. The Kier molecular flexibility index (Phi) is 75.5. The summed E-state index contributed by atoms with van der Waals surface area (Å²) in [5, 5.41) is 32.0. The van der Waals surface area contributed by atoms with Crippen LogP contribution in [0.1, 0.15) is 27.7 Å². The van der Waals surface area contributed by atoms with Crippen LogP contribution in [0, 0.1) is 0 Å². The summed E-state index contributed by atoms with van der Waals surface area (Å²) in [4.78, 5) is 27.0. The van der Waals surface area contributed by atoms with Crippen LogP contribution in [0.2, 0.25) is 0 Å². The van der Waals surface area contributed by atoms with Crippen LogP contribution < -0.4 is 5.73 Å². The van der Waals surface area contributed by atoms with Crippen LogP contribution in [0.25, 0.3) is 0 Å². The van der Waals surface area contributed by atoms with E-state index in [-0.39, 0.29) is 88.7 Å². The summed E-state index contributed by atoms with van der Waals surface area (Å²) in [5.74, 6) is -2.50. The normalized spacial score (nSPS) is 6.68. The predicted octanol–water partition coefficient (Wildman–Crippen LogP) is -2.02. The Morgan fingerprint density at radius 1 is 0.864 bits per heavy atom. The Labute approximate surface area is 197 Å². The van der Waals surface area contributed by atoms with E-state index in [4.69, 9.17) is 40.6 Å². The molecule has 0 radical (unpaired) electrons. The first kappa shape index (κ1) is 43.6. The van der Waals surface area contributed by atoms with E-state index >= 15 is 0 Å². The van der Waals surface area contributed by atoms with Crippen LogP contribution in [0.3, 0.4) is 0 Å². The molecule has 0 aliphatic carbocycles. The Bertz CT molecular complexity index is 206. The van der Waals surface area contributed by atoms with Crippen LogP contribution >= 0.6 is 0 Å². The van der Waals surface area contributed by atoms with Crippen molar-refractivity contribution in [2.75, 3.05) is 19.6 Å². The Morgan fingerprint density at radius 2 is 1.05 bits per heavy atom.